The van der Waals surface area contributed by atoms with E-state index in [2.05, 4.69) is 54.5 Å². The van der Waals surface area contributed by atoms with Crippen molar-refractivity contribution < 1.29 is 15.3 Å². The summed E-state index contributed by atoms with van der Waals surface area (Å²) in [5.74, 6) is 1.44. The van der Waals surface area contributed by atoms with Crippen molar-refractivity contribution in [1.29, 1.82) is 0 Å². The molecule has 10 atom stereocenters. The van der Waals surface area contributed by atoms with Crippen molar-refractivity contribution in [1.82, 2.24) is 0 Å². The van der Waals surface area contributed by atoms with E-state index in [4.69, 9.17) is 0 Å². The normalized spacial score (nSPS) is 57.8. The first-order valence-corrected chi connectivity index (χ1v) is 13.9. The highest BCUT2D eigenvalue weighted by molar-refractivity contribution is 5.34. The van der Waals surface area contributed by atoms with Gasteiger partial charge in [-0.05, 0) is 97.2 Å². The molecule has 5 rings (SSSR count). The van der Waals surface area contributed by atoms with Crippen LogP contribution in [0.2, 0.25) is 0 Å². The van der Waals surface area contributed by atoms with Crippen molar-refractivity contribution >= 4 is 0 Å². The molecule has 0 bridgehead atoms. The number of fused-ring (bicyclic) bond motifs is 7. The predicted molar refractivity (Wildman–Crippen MR) is 134 cm³/mol. The van der Waals surface area contributed by atoms with E-state index < -0.39 is 6.10 Å². The van der Waals surface area contributed by atoms with Gasteiger partial charge in [0.15, 0.2) is 0 Å². The summed E-state index contributed by atoms with van der Waals surface area (Å²) < 4.78 is 0. The monoisotopic (exact) mass is 458 g/mol. The van der Waals surface area contributed by atoms with Crippen LogP contribution in [0.15, 0.2) is 11.6 Å². The van der Waals surface area contributed by atoms with Crippen LogP contribution in [-0.4, -0.2) is 34.1 Å². The second kappa shape index (κ2) is 7.10. The Morgan fingerprint density at radius 1 is 0.788 bits per heavy atom. The van der Waals surface area contributed by atoms with E-state index in [0.29, 0.717) is 17.8 Å². The molecule has 0 spiro atoms. The molecule has 3 unspecified atom stereocenters. The van der Waals surface area contributed by atoms with Crippen molar-refractivity contribution in [2.24, 2.45) is 50.2 Å². The van der Waals surface area contributed by atoms with Gasteiger partial charge in [0.25, 0.3) is 0 Å². The van der Waals surface area contributed by atoms with Gasteiger partial charge in [0.2, 0.25) is 0 Å². The molecular weight excluding hydrogens is 408 g/mol. The van der Waals surface area contributed by atoms with Crippen LogP contribution in [0.1, 0.15) is 106 Å². The molecule has 3 heteroatoms. The van der Waals surface area contributed by atoms with Crippen molar-refractivity contribution in [3.8, 4) is 0 Å². The first kappa shape index (κ1) is 24.3. The van der Waals surface area contributed by atoms with E-state index in [-0.39, 0.29) is 45.2 Å². The fraction of sp³-hybridized carbons (Fsp3) is 0.933. The molecule has 0 heterocycles. The topological polar surface area (TPSA) is 60.7 Å². The lowest BCUT2D eigenvalue weighted by Gasteiger charge is -2.71. The number of hydrogen-bond acceptors (Lipinski definition) is 3. The lowest BCUT2D eigenvalue weighted by molar-refractivity contribution is -0.218. The maximum Gasteiger partial charge on any atom is 0.0618 e. The average molecular weight is 459 g/mol. The Balaban J connectivity index is 1.58. The zero-order chi connectivity index (χ0) is 24.2. The summed E-state index contributed by atoms with van der Waals surface area (Å²) in [5.41, 5.74) is 2.04. The molecule has 0 aliphatic heterocycles. The maximum absolute atomic E-state index is 11.3. The molecule has 0 saturated heterocycles. The van der Waals surface area contributed by atoms with Crippen molar-refractivity contribution in [3.05, 3.63) is 11.6 Å². The summed E-state index contributed by atoms with van der Waals surface area (Å²) in [6.07, 6.45) is 11.7. The third-order valence-electron chi connectivity index (χ3n) is 13.2. The van der Waals surface area contributed by atoms with Gasteiger partial charge in [-0.2, -0.15) is 0 Å². The van der Waals surface area contributed by atoms with Crippen molar-refractivity contribution in [2.75, 3.05) is 6.61 Å². The first-order chi connectivity index (χ1) is 15.2. The van der Waals surface area contributed by atoms with E-state index >= 15 is 0 Å². The Kier molecular flexibility index (Phi) is 5.23. The first-order valence-electron chi connectivity index (χ1n) is 13.9. The number of aliphatic hydroxyl groups is 3. The van der Waals surface area contributed by atoms with Gasteiger partial charge in [-0.25, -0.2) is 0 Å². The molecule has 0 radical (unpaired) electrons. The van der Waals surface area contributed by atoms with Gasteiger partial charge < -0.3 is 15.3 Å². The van der Waals surface area contributed by atoms with E-state index in [1.807, 2.05) is 0 Å². The van der Waals surface area contributed by atoms with Crippen molar-refractivity contribution in [2.45, 2.75) is 118 Å². The van der Waals surface area contributed by atoms with Crippen molar-refractivity contribution in [3.63, 3.8) is 0 Å². The summed E-state index contributed by atoms with van der Waals surface area (Å²) >= 11 is 0. The smallest absolute Gasteiger partial charge is 0.0618 e. The van der Waals surface area contributed by atoms with Crippen LogP contribution < -0.4 is 0 Å². The van der Waals surface area contributed by atoms with Crippen LogP contribution in [0.25, 0.3) is 0 Å². The second-order valence-corrected chi connectivity index (χ2v) is 15.2. The number of allylic oxidation sites excluding steroid dienone is 2. The maximum atomic E-state index is 11.3. The molecule has 4 saturated carbocycles. The van der Waals surface area contributed by atoms with Crippen LogP contribution in [-0.2, 0) is 0 Å². The van der Waals surface area contributed by atoms with Crippen LogP contribution in [0.4, 0.5) is 0 Å². The number of aliphatic hydroxyl groups excluding tert-OH is 3. The van der Waals surface area contributed by atoms with E-state index in [1.165, 1.54) is 19.3 Å². The predicted octanol–water partition coefficient (Wildman–Crippen LogP) is 6.11. The minimum Gasteiger partial charge on any atom is -0.396 e. The Morgan fingerprint density at radius 2 is 1.48 bits per heavy atom. The van der Waals surface area contributed by atoms with Gasteiger partial charge in [-0.1, -0.05) is 60.1 Å². The summed E-state index contributed by atoms with van der Waals surface area (Å²) in [7, 11) is 0. The Bertz CT molecular complexity index is 847. The van der Waals surface area contributed by atoms with Crippen LogP contribution >= 0.6 is 0 Å². The highest BCUT2D eigenvalue weighted by atomic mass is 16.3. The Hall–Kier alpha value is -0.380. The molecule has 33 heavy (non-hydrogen) atoms. The molecule has 4 fully saturated rings. The van der Waals surface area contributed by atoms with E-state index in [1.54, 1.807) is 5.57 Å². The van der Waals surface area contributed by atoms with Gasteiger partial charge in [0, 0.05) is 10.8 Å². The van der Waals surface area contributed by atoms with Gasteiger partial charge in [-0.15, -0.1) is 0 Å². The Morgan fingerprint density at radius 3 is 2.15 bits per heavy atom. The summed E-state index contributed by atoms with van der Waals surface area (Å²) in [6, 6.07) is 0. The summed E-state index contributed by atoms with van der Waals surface area (Å²) in [4.78, 5) is 0. The number of rotatable bonds is 1. The highest BCUT2D eigenvalue weighted by Crippen LogP contribution is 2.75. The van der Waals surface area contributed by atoms with Gasteiger partial charge in [-0.3, -0.25) is 0 Å². The largest absolute Gasteiger partial charge is 0.396 e. The van der Waals surface area contributed by atoms with Crippen LogP contribution in [0, 0.1) is 50.2 Å². The minimum absolute atomic E-state index is 0.00950. The van der Waals surface area contributed by atoms with Crippen LogP contribution in [0.3, 0.4) is 0 Å². The number of hydrogen-bond donors (Lipinski definition) is 3. The molecular formula is C30H50O3. The van der Waals surface area contributed by atoms with Gasteiger partial charge >= 0.3 is 0 Å². The fourth-order valence-corrected chi connectivity index (χ4v) is 10.7. The molecule has 0 aromatic carbocycles. The molecule has 0 aromatic heterocycles. The minimum atomic E-state index is -0.392. The van der Waals surface area contributed by atoms with E-state index in [0.717, 1.165) is 38.5 Å². The molecule has 5 aliphatic rings. The molecule has 188 valence electrons. The third kappa shape index (κ3) is 2.91. The molecule has 3 nitrogen and oxygen atoms in total. The fourth-order valence-electron chi connectivity index (χ4n) is 10.7. The lowest BCUT2D eigenvalue weighted by Crippen LogP contribution is -2.66. The SMILES string of the molecule is CC1(C)CC2C3=CCC4[C@@]5(C)CC[C@H](O)[C@@](C)(CO)C5CC[C@@]4(C)[C@]3(C)CC[C@@]2(C)[C@H](O)C1. The van der Waals surface area contributed by atoms with E-state index in [9.17, 15) is 15.3 Å². The zero-order valence-corrected chi connectivity index (χ0v) is 22.4. The van der Waals surface area contributed by atoms with Crippen LogP contribution in [0.5, 0.6) is 0 Å². The highest BCUT2D eigenvalue weighted by Gasteiger charge is 2.69. The molecule has 5 aliphatic carbocycles. The standard InChI is InChI=1S/C30H50O3/c1-25(2)16-20-19-8-9-22-27(4)12-11-23(32)28(5,18-31)21(27)10-13-30(22,7)29(19,6)15-14-26(20,3)24(33)17-25/h8,20-24,31-33H,9-18H2,1-7H3/t20?,21?,22?,23-,24+,26+,27-,28-,29+,30+/m0/s1. The third-order valence-corrected chi connectivity index (χ3v) is 13.2. The molecule has 0 aromatic rings. The second-order valence-electron chi connectivity index (χ2n) is 15.2. The lowest BCUT2D eigenvalue weighted by atomic mass is 9.33. The van der Waals surface area contributed by atoms with Gasteiger partial charge in [0.05, 0.1) is 18.8 Å². The Labute approximate surface area is 202 Å². The summed E-state index contributed by atoms with van der Waals surface area (Å²) in [5, 5.41) is 32.6. The zero-order valence-electron chi connectivity index (χ0n) is 22.4. The molecule has 3 N–H and O–H groups in total. The molecule has 0 amide bonds. The van der Waals surface area contributed by atoms with Gasteiger partial charge in [0.1, 0.15) is 0 Å². The quantitative estimate of drug-likeness (QED) is 0.415. The average Bonchev–Trinajstić information content (AvgIpc) is 2.73. The summed E-state index contributed by atoms with van der Waals surface area (Å²) in [6.45, 7) is 17.0.